The van der Waals surface area contributed by atoms with Crippen molar-refractivity contribution in [2.75, 3.05) is 0 Å². The van der Waals surface area contributed by atoms with Crippen LogP contribution in [0.5, 0.6) is 0 Å². The van der Waals surface area contributed by atoms with Gasteiger partial charge in [0, 0.05) is 6.42 Å². The molecule has 2 heterocycles. The van der Waals surface area contributed by atoms with Gasteiger partial charge in [0.1, 0.15) is 5.82 Å². The summed E-state index contributed by atoms with van der Waals surface area (Å²) in [5.74, 6) is 0.868. The highest BCUT2D eigenvalue weighted by Gasteiger charge is 2.06. The van der Waals surface area contributed by atoms with Crippen LogP contribution in [0.15, 0.2) is 11.1 Å². The fraction of sp³-hybridized carbons (Fsp3) is 0.643. The number of hydrogen-bond donors (Lipinski definition) is 2. The summed E-state index contributed by atoms with van der Waals surface area (Å²) in [4.78, 5) is 25.5. The van der Waals surface area contributed by atoms with E-state index in [0.717, 1.165) is 18.7 Å². The van der Waals surface area contributed by atoms with Crippen LogP contribution in [-0.4, -0.2) is 19.9 Å². The van der Waals surface area contributed by atoms with Gasteiger partial charge in [-0.15, -0.1) is 0 Å². The van der Waals surface area contributed by atoms with Gasteiger partial charge in [0.25, 0.3) is 5.56 Å². The third kappa shape index (κ3) is 3.91. The molecule has 2 aromatic rings. The van der Waals surface area contributed by atoms with E-state index in [1.807, 2.05) is 0 Å². The maximum absolute atomic E-state index is 11.5. The minimum absolute atomic E-state index is 0.150. The molecule has 2 aromatic heterocycles. The minimum atomic E-state index is -0.150. The van der Waals surface area contributed by atoms with Crippen molar-refractivity contribution in [3.05, 3.63) is 22.5 Å². The number of aromatic amines is 2. The van der Waals surface area contributed by atoms with Crippen LogP contribution < -0.4 is 5.56 Å². The highest BCUT2D eigenvalue weighted by atomic mass is 16.1. The van der Waals surface area contributed by atoms with Crippen molar-refractivity contribution in [1.82, 2.24) is 19.9 Å². The average Bonchev–Trinajstić information content (AvgIpc) is 2.82. The Bertz CT molecular complexity index is 558. The Balaban J connectivity index is 1.76. The van der Waals surface area contributed by atoms with Gasteiger partial charge in [0.05, 0.1) is 6.33 Å². The lowest BCUT2D eigenvalue weighted by Gasteiger charge is -1.99. The van der Waals surface area contributed by atoms with E-state index in [1.165, 1.54) is 44.9 Å². The van der Waals surface area contributed by atoms with Gasteiger partial charge in [-0.2, -0.15) is 0 Å². The van der Waals surface area contributed by atoms with Crippen LogP contribution in [0.3, 0.4) is 0 Å². The van der Waals surface area contributed by atoms with Crippen LogP contribution in [-0.2, 0) is 6.42 Å². The van der Waals surface area contributed by atoms with Crippen molar-refractivity contribution in [3.8, 4) is 0 Å². The molecule has 0 unspecified atom stereocenters. The molecule has 2 rings (SSSR count). The zero-order valence-corrected chi connectivity index (χ0v) is 11.5. The normalized spacial score (nSPS) is 11.2. The number of unbranched alkanes of at least 4 members (excludes halogenated alkanes) is 6. The Morgan fingerprint density at radius 2 is 1.84 bits per heavy atom. The number of H-pyrrole nitrogens is 2. The van der Waals surface area contributed by atoms with E-state index in [9.17, 15) is 4.79 Å². The number of aromatic nitrogens is 4. The first-order valence-corrected chi connectivity index (χ1v) is 7.23. The van der Waals surface area contributed by atoms with Gasteiger partial charge in [0.15, 0.2) is 11.2 Å². The molecule has 104 valence electrons. The van der Waals surface area contributed by atoms with Crippen molar-refractivity contribution < 1.29 is 0 Å². The van der Waals surface area contributed by atoms with Crippen LogP contribution in [0, 0.1) is 0 Å². The van der Waals surface area contributed by atoms with E-state index >= 15 is 0 Å². The Morgan fingerprint density at radius 3 is 2.58 bits per heavy atom. The summed E-state index contributed by atoms with van der Waals surface area (Å²) in [6.07, 6.45) is 11.2. The zero-order valence-electron chi connectivity index (χ0n) is 11.5. The van der Waals surface area contributed by atoms with Gasteiger partial charge in [0.2, 0.25) is 0 Å². The molecule has 0 atom stereocenters. The van der Waals surface area contributed by atoms with E-state index in [2.05, 4.69) is 26.9 Å². The highest BCUT2D eigenvalue weighted by molar-refractivity contribution is 5.68. The monoisotopic (exact) mass is 262 g/mol. The molecule has 0 saturated heterocycles. The SMILES string of the molecule is CCCCCCCCCc1nc2nc[nH]c(=O)c2[nH]1. The number of nitrogens with one attached hydrogen (secondary N) is 2. The largest absolute Gasteiger partial charge is 0.336 e. The molecule has 5 nitrogen and oxygen atoms in total. The van der Waals surface area contributed by atoms with Gasteiger partial charge in [-0.1, -0.05) is 45.4 Å². The first-order valence-electron chi connectivity index (χ1n) is 7.23. The molecule has 0 fully saturated rings. The van der Waals surface area contributed by atoms with Crippen LogP contribution >= 0.6 is 0 Å². The van der Waals surface area contributed by atoms with E-state index in [4.69, 9.17) is 0 Å². The van der Waals surface area contributed by atoms with Gasteiger partial charge in [-0.05, 0) is 6.42 Å². The minimum Gasteiger partial charge on any atom is -0.336 e. The molecule has 0 spiro atoms. The first-order chi connectivity index (χ1) is 9.31. The summed E-state index contributed by atoms with van der Waals surface area (Å²) in [5.41, 5.74) is 0.852. The van der Waals surface area contributed by atoms with Crippen LogP contribution in [0.25, 0.3) is 11.2 Å². The van der Waals surface area contributed by atoms with E-state index in [0.29, 0.717) is 11.2 Å². The lowest BCUT2D eigenvalue weighted by molar-refractivity contribution is 0.585. The second kappa shape index (κ2) is 7.07. The zero-order chi connectivity index (χ0) is 13.5. The molecule has 0 aliphatic heterocycles. The Morgan fingerprint density at radius 1 is 1.11 bits per heavy atom. The number of rotatable bonds is 8. The molecule has 0 bridgehead atoms. The summed E-state index contributed by atoms with van der Waals surface area (Å²) >= 11 is 0. The number of aryl methyl sites for hydroxylation is 1. The molecule has 2 N–H and O–H groups in total. The third-order valence-electron chi connectivity index (χ3n) is 3.36. The molecule has 0 aliphatic carbocycles. The second-order valence-corrected chi connectivity index (χ2v) is 4.99. The topological polar surface area (TPSA) is 74.4 Å². The first kappa shape index (κ1) is 13.8. The predicted molar refractivity (Wildman–Crippen MR) is 76.2 cm³/mol. The molecule has 5 heteroatoms. The molecule has 0 amide bonds. The van der Waals surface area contributed by atoms with Gasteiger partial charge < -0.3 is 9.97 Å². The standard InChI is InChI=1S/C14H22N4O/c1-2-3-4-5-6-7-8-9-11-17-12-13(18-11)15-10-16-14(12)19/h10H,2-9H2,1H3,(H2,15,16,17,18,19). The van der Waals surface area contributed by atoms with E-state index < -0.39 is 0 Å². The smallest absolute Gasteiger partial charge is 0.276 e. The molecular formula is C14H22N4O. The van der Waals surface area contributed by atoms with Crippen molar-refractivity contribution >= 4 is 11.2 Å². The summed E-state index contributed by atoms with van der Waals surface area (Å²) in [5, 5.41) is 0. The summed E-state index contributed by atoms with van der Waals surface area (Å²) in [6, 6.07) is 0. The van der Waals surface area contributed by atoms with Crippen molar-refractivity contribution in [2.45, 2.75) is 58.3 Å². The lowest BCUT2D eigenvalue weighted by atomic mass is 10.1. The quantitative estimate of drug-likeness (QED) is 0.718. The van der Waals surface area contributed by atoms with Gasteiger partial charge in [-0.25, -0.2) is 9.97 Å². The summed E-state index contributed by atoms with van der Waals surface area (Å²) < 4.78 is 0. The molecule has 0 aromatic carbocycles. The molecular weight excluding hydrogens is 240 g/mol. The van der Waals surface area contributed by atoms with E-state index in [-0.39, 0.29) is 5.56 Å². The predicted octanol–water partition coefficient (Wildman–Crippen LogP) is 2.94. The third-order valence-corrected chi connectivity index (χ3v) is 3.36. The highest BCUT2D eigenvalue weighted by Crippen LogP contribution is 2.10. The fourth-order valence-electron chi connectivity index (χ4n) is 2.26. The molecule has 0 radical (unpaired) electrons. The van der Waals surface area contributed by atoms with Crippen LogP contribution in [0.1, 0.15) is 57.7 Å². The summed E-state index contributed by atoms with van der Waals surface area (Å²) in [7, 11) is 0. The maximum atomic E-state index is 11.5. The van der Waals surface area contributed by atoms with Crippen LogP contribution in [0.2, 0.25) is 0 Å². The second-order valence-electron chi connectivity index (χ2n) is 4.99. The Hall–Kier alpha value is -1.65. The van der Waals surface area contributed by atoms with Crippen molar-refractivity contribution in [1.29, 1.82) is 0 Å². The maximum Gasteiger partial charge on any atom is 0.276 e. The summed E-state index contributed by atoms with van der Waals surface area (Å²) in [6.45, 7) is 2.23. The Labute approximate surface area is 112 Å². The van der Waals surface area contributed by atoms with Gasteiger partial charge >= 0.3 is 0 Å². The molecule has 0 aliphatic rings. The van der Waals surface area contributed by atoms with E-state index in [1.54, 1.807) is 0 Å². The van der Waals surface area contributed by atoms with Crippen molar-refractivity contribution in [3.63, 3.8) is 0 Å². The number of imidazole rings is 1. The molecule has 19 heavy (non-hydrogen) atoms. The number of fused-ring (bicyclic) bond motifs is 1. The van der Waals surface area contributed by atoms with Crippen LogP contribution in [0.4, 0.5) is 0 Å². The number of hydrogen-bond acceptors (Lipinski definition) is 3. The number of nitrogens with zero attached hydrogens (tertiary/aromatic N) is 2. The van der Waals surface area contributed by atoms with Crippen molar-refractivity contribution in [2.24, 2.45) is 0 Å². The lowest BCUT2D eigenvalue weighted by Crippen LogP contribution is -2.05. The fourth-order valence-corrected chi connectivity index (χ4v) is 2.26. The van der Waals surface area contributed by atoms with Gasteiger partial charge in [-0.3, -0.25) is 4.79 Å². The Kier molecular flexibility index (Phi) is 5.12. The molecule has 0 saturated carbocycles. The average molecular weight is 262 g/mol.